The minimum Gasteiger partial charge on any atom is -0.463 e. The van der Waals surface area contributed by atoms with Crippen LogP contribution in [-0.4, -0.2) is 119 Å². The van der Waals surface area contributed by atoms with Crippen LogP contribution >= 0.6 is 0 Å². The molecule has 3 aliphatic heterocycles. The molecule has 31 heavy (non-hydrogen) atoms. The summed E-state index contributed by atoms with van der Waals surface area (Å²) in [7, 11) is 3.99. The fraction of sp³-hybridized carbons (Fsp3) is 0.909. The second kappa shape index (κ2) is 15.4. The first kappa shape index (κ1) is 25.8. The molecule has 3 rings (SSSR count). The predicted octanol–water partition coefficient (Wildman–Crippen LogP) is 1.17. The smallest absolute Gasteiger partial charge is 0.407 e. The zero-order valence-electron chi connectivity index (χ0n) is 19.5. The maximum absolute atomic E-state index is 11.8. The molecule has 3 aliphatic rings. The Hall–Kier alpha value is -1.42. The van der Waals surface area contributed by atoms with E-state index in [0.717, 1.165) is 71.4 Å². The summed E-state index contributed by atoms with van der Waals surface area (Å²) >= 11 is 0. The molecule has 0 aromatic heterocycles. The molecule has 0 aromatic carbocycles. The summed E-state index contributed by atoms with van der Waals surface area (Å²) in [4.78, 5) is 30.4. The van der Waals surface area contributed by atoms with Gasteiger partial charge in [0, 0.05) is 52.2 Å². The standard InChI is InChI=1S/C22H42N4O5/c1-24(2)14-15-29-16-17-30-21(27)8-6-4-3-5-7-9-23-22(28)31-19-20-18-25-10-12-26(20)13-11-25/h20H,3-19H2,1-2H3,(H,23,28). The van der Waals surface area contributed by atoms with Crippen LogP contribution in [0.4, 0.5) is 4.79 Å². The lowest BCUT2D eigenvalue weighted by Gasteiger charge is -2.47. The molecule has 3 fully saturated rings. The average molecular weight is 443 g/mol. The highest BCUT2D eigenvalue weighted by Crippen LogP contribution is 2.15. The number of hydrogen-bond donors (Lipinski definition) is 1. The number of fused-ring (bicyclic) bond motifs is 3. The van der Waals surface area contributed by atoms with Crippen LogP contribution in [0.15, 0.2) is 0 Å². The third-order valence-corrected chi connectivity index (χ3v) is 5.80. The van der Waals surface area contributed by atoms with Gasteiger partial charge in [-0.2, -0.15) is 0 Å². The van der Waals surface area contributed by atoms with Crippen LogP contribution in [0.2, 0.25) is 0 Å². The number of alkyl carbamates (subject to hydrolysis) is 1. The van der Waals surface area contributed by atoms with E-state index in [4.69, 9.17) is 14.2 Å². The number of esters is 1. The second-order valence-electron chi connectivity index (χ2n) is 8.67. The first-order valence-electron chi connectivity index (χ1n) is 11.8. The van der Waals surface area contributed by atoms with E-state index in [9.17, 15) is 9.59 Å². The van der Waals surface area contributed by atoms with E-state index >= 15 is 0 Å². The number of piperazine rings is 3. The van der Waals surface area contributed by atoms with Crippen LogP contribution in [0.1, 0.15) is 38.5 Å². The van der Waals surface area contributed by atoms with Crippen LogP contribution in [0.25, 0.3) is 0 Å². The van der Waals surface area contributed by atoms with Gasteiger partial charge >= 0.3 is 12.1 Å². The van der Waals surface area contributed by atoms with Gasteiger partial charge < -0.3 is 24.4 Å². The van der Waals surface area contributed by atoms with Gasteiger partial charge in [0.1, 0.15) is 13.2 Å². The van der Waals surface area contributed by atoms with Crippen molar-refractivity contribution in [3.05, 3.63) is 0 Å². The molecule has 3 saturated heterocycles. The van der Waals surface area contributed by atoms with Crippen molar-refractivity contribution in [1.29, 1.82) is 0 Å². The number of likely N-dealkylation sites (N-methyl/N-ethyl adjacent to an activating group) is 1. The van der Waals surface area contributed by atoms with Crippen molar-refractivity contribution in [2.45, 2.75) is 44.6 Å². The van der Waals surface area contributed by atoms with E-state index in [1.165, 1.54) is 0 Å². The number of unbranched alkanes of at least 4 members (excludes halogenated alkanes) is 4. The second-order valence-corrected chi connectivity index (χ2v) is 8.67. The van der Waals surface area contributed by atoms with Crippen LogP contribution in [0.5, 0.6) is 0 Å². The van der Waals surface area contributed by atoms with Gasteiger partial charge in [-0.25, -0.2) is 4.79 Å². The normalized spacial score (nSPS) is 22.5. The van der Waals surface area contributed by atoms with Crippen molar-refractivity contribution in [3.8, 4) is 0 Å². The number of hydrogen-bond acceptors (Lipinski definition) is 8. The molecule has 9 nitrogen and oxygen atoms in total. The minimum atomic E-state index is -0.314. The number of amides is 1. The van der Waals surface area contributed by atoms with E-state index in [-0.39, 0.29) is 12.1 Å². The molecule has 2 bridgehead atoms. The zero-order chi connectivity index (χ0) is 22.3. The lowest BCUT2D eigenvalue weighted by atomic mass is 10.1. The van der Waals surface area contributed by atoms with Crippen molar-refractivity contribution >= 4 is 12.1 Å². The molecule has 1 unspecified atom stereocenters. The summed E-state index contributed by atoms with van der Waals surface area (Å²) in [5.41, 5.74) is 0. The summed E-state index contributed by atoms with van der Waals surface area (Å²) in [6.45, 7) is 8.83. The number of nitrogens with one attached hydrogen (secondary N) is 1. The van der Waals surface area contributed by atoms with Crippen LogP contribution in [0, 0.1) is 0 Å². The first-order valence-corrected chi connectivity index (χ1v) is 11.8. The fourth-order valence-electron chi connectivity index (χ4n) is 3.86. The van der Waals surface area contributed by atoms with Gasteiger partial charge in [0.05, 0.1) is 19.3 Å². The monoisotopic (exact) mass is 442 g/mol. The number of carbonyl (C=O) groups excluding carboxylic acids is 2. The van der Waals surface area contributed by atoms with Crippen LogP contribution in [-0.2, 0) is 19.0 Å². The molecule has 180 valence electrons. The molecule has 3 heterocycles. The van der Waals surface area contributed by atoms with Crippen molar-refractivity contribution < 1.29 is 23.8 Å². The van der Waals surface area contributed by atoms with Crippen LogP contribution < -0.4 is 5.32 Å². The lowest BCUT2D eigenvalue weighted by molar-refractivity contribution is -0.145. The Bertz CT molecular complexity index is 512. The lowest BCUT2D eigenvalue weighted by Crippen LogP contribution is -2.62. The summed E-state index contributed by atoms with van der Waals surface area (Å²) in [5, 5.41) is 2.84. The van der Waals surface area contributed by atoms with Gasteiger partial charge in [0.15, 0.2) is 0 Å². The van der Waals surface area contributed by atoms with E-state index < -0.39 is 0 Å². The largest absolute Gasteiger partial charge is 0.463 e. The quantitative estimate of drug-likeness (QED) is 0.282. The Balaban J connectivity index is 1.32. The van der Waals surface area contributed by atoms with Gasteiger partial charge in [0.25, 0.3) is 0 Å². The third kappa shape index (κ3) is 11.7. The van der Waals surface area contributed by atoms with Gasteiger partial charge in [-0.05, 0) is 26.9 Å². The Labute approximate surface area is 187 Å². The topological polar surface area (TPSA) is 83.6 Å². The van der Waals surface area contributed by atoms with Gasteiger partial charge in [0.2, 0.25) is 0 Å². The highest BCUT2D eigenvalue weighted by atomic mass is 16.6. The number of ether oxygens (including phenoxy) is 3. The molecular formula is C22H42N4O5. The first-order chi connectivity index (χ1) is 15.0. The third-order valence-electron chi connectivity index (χ3n) is 5.80. The Morgan fingerprint density at radius 1 is 0.935 bits per heavy atom. The van der Waals surface area contributed by atoms with Gasteiger partial charge in [-0.3, -0.25) is 14.6 Å². The molecule has 1 atom stereocenters. The van der Waals surface area contributed by atoms with Crippen molar-refractivity contribution in [2.75, 3.05) is 86.3 Å². The van der Waals surface area contributed by atoms with Gasteiger partial charge in [-0.1, -0.05) is 19.3 Å². The molecule has 0 aromatic rings. The summed E-state index contributed by atoms with van der Waals surface area (Å²) in [6.07, 6.45) is 4.97. The van der Waals surface area contributed by atoms with E-state index in [2.05, 4.69) is 15.1 Å². The van der Waals surface area contributed by atoms with Gasteiger partial charge in [-0.15, -0.1) is 0 Å². The van der Waals surface area contributed by atoms with Crippen molar-refractivity contribution in [3.63, 3.8) is 0 Å². The molecule has 1 N–H and O–H groups in total. The molecule has 0 spiro atoms. The van der Waals surface area contributed by atoms with E-state index in [0.29, 0.717) is 45.4 Å². The van der Waals surface area contributed by atoms with Crippen LogP contribution in [0.3, 0.4) is 0 Å². The number of carbonyl (C=O) groups is 2. The van der Waals surface area contributed by atoms with Crippen molar-refractivity contribution in [2.24, 2.45) is 0 Å². The molecule has 1 amide bonds. The molecule has 0 aliphatic carbocycles. The Kier molecular flexibility index (Phi) is 12.8. The summed E-state index contributed by atoms with van der Waals surface area (Å²) < 4.78 is 15.9. The summed E-state index contributed by atoms with van der Waals surface area (Å²) in [6, 6.07) is 0.343. The minimum absolute atomic E-state index is 0.153. The zero-order valence-corrected chi connectivity index (χ0v) is 19.5. The Morgan fingerprint density at radius 3 is 2.39 bits per heavy atom. The Morgan fingerprint density at radius 2 is 1.68 bits per heavy atom. The molecule has 0 saturated carbocycles. The maximum Gasteiger partial charge on any atom is 0.407 e. The maximum atomic E-state index is 11.8. The number of rotatable bonds is 16. The fourth-order valence-corrected chi connectivity index (χ4v) is 3.86. The average Bonchev–Trinajstić information content (AvgIpc) is 2.77. The highest BCUT2D eigenvalue weighted by Gasteiger charge is 2.32. The molecule has 0 radical (unpaired) electrons. The van der Waals surface area contributed by atoms with E-state index in [1.807, 2.05) is 19.0 Å². The SMILES string of the molecule is CN(C)CCOCCOC(=O)CCCCCCCNC(=O)OCC1CN2CCN1CC2. The molecule has 9 heteroatoms. The van der Waals surface area contributed by atoms with Crippen molar-refractivity contribution in [1.82, 2.24) is 20.0 Å². The number of nitrogens with zero attached hydrogens (tertiary/aromatic N) is 3. The molecular weight excluding hydrogens is 400 g/mol. The predicted molar refractivity (Wildman–Crippen MR) is 119 cm³/mol. The van der Waals surface area contributed by atoms with E-state index in [1.54, 1.807) is 0 Å². The highest BCUT2D eigenvalue weighted by molar-refractivity contribution is 5.69. The summed E-state index contributed by atoms with van der Waals surface area (Å²) in [5.74, 6) is -0.153.